The van der Waals surface area contributed by atoms with E-state index in [9.17, 15) is 5.21 Å². The van der Waals surface area contributed by atoms with Crippen molar-refractivity contribution < 1.29 is 5.21 Å². The molecule has 1 N–H and O–H groups in total. The summed E-state index contributed by atoms with van der Waals surface area (Å²) in [6, 6.07) is 18.3. The summed E-state index contributed by atoms with van der Waals surface area (Å²) >= 11 is 0. The van der Waals surface area contributed by atoms with E-state index < -0.39 is 0 Å². The van der Waals surface area contributed by atoms with Crippen molar-refractivity contribution in [2.75, 3.05) is 0 Å². The molecule has 0 fully saturated rings. The van der Waals surface area contributed by atoms with Gasteiger partial charge in [0.25, 0.3) is 0 Å². The third-order valence-corrected chi connectivity index (χ3v) is 4.02. The Kier molecular flexibility index (Phi) is 3.48. The molecule has 3 aromatic rings. The van der Waals surface area contributed by atoms with Crippen molar-refractivity contribution in [3.05, 3.63) is 71.4 Å². The minimum atomic E-state index is 0.617. The van der Waals surface area contributed by atoms with Crippen LogP contribution in [0.5, 0.6) is 0 Å². The maximum atomic E-state index is 9.51. The molecule has 0 radical (unpaired) electrons. The molecule has 0 atom stereocenters. The van der Waals surface area contributed by atoms with E-state index in [4.69, 9.17) is 0 Å². The van der Waals surface area contributed by atoms with Crippen LogP contribution in [0, 0.1) is 6.92 Å². The maximum Gasteiger partial charge on any atom is 0.0935 e. The van der Waals surface area contributed by atoms with Gasteiger partial charge >= 0.3 is 0 Å². The highest BCUT2D eigenvalue weighted by Crippen LogP contribution is 2.26. The number of nitrogens with zero attached hydrogens (tertiary/aromatic N) is 2. The maximum absolute atomic E-state index is 9.51. The van der Waals surface area contributed by atoms with Gasteiger partial charge in [-0.25, -0.2) is 0 Å². The van der Waals surface area contributed by atoms with Crippen molar-refractivity contribution in [2.45, 2.75) is 13.3 Å². The van der Waals surface area contributed by atoms with Crippen molar-refractivity contribution >= 4 is 16.6 Å². The number of para-hydroxylation sites is 1. The third-order valence-electron chi connectivity index (χ3n) is 4.02. The SMILES string of the molecule is Cc1c(/C(Cc2ccccc2)=N\O)c2ccccc2n1C. The van der Waals surface area contributed by atoms with Crippen LogP contribution in [-0.4, -0.2) is 15.5 Å². The quantitative estimate of drug-likeness (QED) is 0.440. The number of hydrogen-bond acceptors (Lipinski definition) is 2. The first-order valence-corrected chi connectivity index (χ1v) is 7.01. The number of benzene rings is 2. The highest BCUT2D eigenvalue weighted by Gasteiger charge is 2.17. The van der Waals surface area contributed by atoms with E-state index in [-0.39, 0.29) is 0 Å². The molecule has 0 aliphatic carbocycles. The fourth-order valence-corrected chi connectivity index (χ4v) is 2.85. The van der Waals surface area contributed by atoms with Crippen LogP contribution >= 0.6 is 0 Å². The molecular formula is C18H18N2O. The largest absolute Gasteiger partial charge is 0.411 e. The molecule has 1 heterocycles. The van der Waals surface area contributed by atoms with E-state index in [0.717, 1.165) is 27.7 Å². The van der Waals surface area contributed by atoms with Gasteiger partial charge in [-0.2, -0.15) is 0 Å². The second kappa shape index (κ2) is 5.44. The average molecular weight is 278 g/mol. The first kappa shape index (κ1) is 13.4. The molecule has 0 unspecified atom stereocenters. The van der Waals surface area contributed by atoms with Gasteiger partial charge in [0.05, 0.1) is 5.71 Å². The molecule has 3 heteroatoms. The van der Waals surface area contributed by atoms with Gasteiger partial charge in [-0.15, -0.1) is 0 Å². The molecule has 0 bridgehead atoms. The van der Waals surface area contributed by atoms with Gasteiger partial charge in [-0.1, -0.05) is 53.7 Å². The summed E-state index contributed by atoms with van der Waals surface area (Å²) in [6.45, 7) is 2.06. The van der Waals surface area contributed by atoms with Crippen LogP contribution in [0.3, 0.4) is 0 Å². The smallest absolute Gasteiger partial charge is 0.0935 e. The van der Waals surface area contributed by atoms with Crippen molar-refractivity contribution in [1.82, 2.24) is 4.57 Å². The van der Waals surface area contributed by atoms with Gasteiger partial charge in [0.2, 0.25) is 0 Å². The Morgan fingerprint density at radius 3 is 2.43 bits per heavy atom. The molecule has 21 heavy (non-hydrogen) atoms. The molecule has 2 aromatic carbocycles. The van der Waals surface area contributed by atoms with E-state index >= 15 is 0 Å². The average Bonchev–Trinajstić information content (AvgIpc) is 2.78. The van der Waals surface area contributed by atoms with Crippen LogP contribution in [0.1, 0.15) is 16.8 Å². The Bertz CT molecular complexity index is 801. The molecule has 0 spiro atoms. The minimum absolute atomic E-state index is 0.617. The number of fused-ring (bicyclic) bond motifs is 1. The summed E-state index contributed by atoms with van der Waals surface area (Å²) in [4.78, 5) is 0. The van der Waals surface area contributed by atoms with Gasteiger partial charge in [-0.3, -0.25) is 0 Å². The number of rotatable bonds is 3. The second-order valence-corrected chi connectivity index (χ2v) is 5.25. The Balaban J connectivity index is 2.12. The molecule has 0 aliphatic heterocycles. The highest BCUT2D eigenvalue weighted by atomic mass is 16.4. The van der Waals surface area contributed by atoms with Crippen molar-refractivity contribution in [3.63, 3.8) is 0 Å². The first-order chi connectivity index (χ1) is 10.2. The Labute approximate surface area is 124 Å². The lowest BCUT2D eigenvalue weighted by Crippen LogP contribution is -2.07. The zero-order valence-electron chi connectivity index (χ0n) is 12.2. The van der Waals surface area contributed by atoms with E-state index in [1.165, 1.54) is 0 Å². The topological polar surface area (TPSA) is 37.5 Å². The van der Waals surface area contributed by atoms with Gasteiger partial charge < -0.3 is 9.77 Å². The predicted octanol–water partition coefficient (Wildman–Crippen LogP) is 3.91. The monoisotopic (exact) mass is 278 g/mol. The molecule has 0 aliphatic rings. The van der Waals surface area contributed by atoms with Crippen LogP contribution in [0.2, 0.25) is 0 Å². The fraction of sp³-hybridized carbons (Fsp3) is 0.167. The lowest BCUT2D eigenvalue weighted by atomic mass is 10.00. The minimum Gasteiger partial charge on any atom is -0.411 e. The number of aryl methyl sites for hydroxylation is 1. The molecular weight excluding hydrogens is 260 g/mol. The Hall–Kier alpha value is -2.55. The Morgan fingerprint density at radius 2 is 1.71 bits per heavy atom. The van der Waals surface area contributed by atoms with Gasteiger partial charge in [0.15, 0.2) is 0 Å². The molecule has 3 rings (SSSR count). The summed E-state index contributed by atoms with van der Waals surface area (Å²) < 4.78 is 2.14. The highest BCUT2D eigenvalue weighted by molar-refractivity contribution is 6.12. The normalized spacial score (nSPS) is 12.0. The summed E-state index contributed by atoms with van der Waals surface area (Å²) in [5.41, 5.74) is 5.13. The lowest BCUT2D eigenvalue weighted by Gasteiger charge is -2.06. The number of hydrogen-bond donors (Lipinski definition) is 1. The van der Waals surface area contributed by atoms with Crippen molar-refractivity contribution in [2.24, 2.45) is 12.2 Å². The number of oxime groups is 1. The lowest BCUT2D eigenvalue weighted by molar-refractivity contribution is 0.318. The summed E-state index contributed by atoms with van der Waals surface area (Å²) in [5, 5.41) is 14.2. The van der Waals surface area contributed by atoms with Crippen LogP contribution in [0.4, 0.5) is 0 Å². The van der Waals surface area contributed by atoms with E-state index in [0.29, 0.717) is 12.1 Å². The second-order valence-electron chi connectivity index (χ2n) is 5.25. The van der Waals surface area contributed by atoms with Crippen molar-refractivity contribution in [1.29, 1.82) is 0 Å². The molecule has 0 saturated carbocycles. The molecule has 3 nitrogen and oxygen atoms in total. The first-order valence-electron chi connectivity index (χ1n) is 7.01. The van der Waals surface area contributed by atoms with Gasteiger partial charge in [-0.05, 0) is 18.6 Å². The van der Waals surface area contributed by atoms with E-state index in [2.05, 4.69) is 28.8 Å². The van der Waals surface area contributed by atoms with Gasteiger partial charge in [0, 0.05) is 35.6 Å². The molecule has 106 valence electrons. The zero-order valence-corrected chi connectivity index (χ0v) is 12.2. The molecule has 1 aromatic heterocycles. The fourth-order valence-electron chi connectivity index (χ4n) is 2.85. The third kappa shape index (κ3) is 2.31. The van der Waals surface area contributed by atoms with E-state index in [1.54, 1.807) is 0 Å². The van der Waals surface area contributed by atoms with Crippen molar-refractivity contribution in [3.8, 4) is 0 Å². The van der Waals surface area contributed by atoms with Crippen LogP contribution < -0.4 is 0 Å². The summed E-state index contributed by atoms with van der Waals surface area (Å²) in [6.07, 6.45) is 0.617. The molecule has 0 saturated heterocycles. The predicted molar refractivity (Wildman–Crippen MR) is 86.1 cm³/mol. The van der Waals surface area contributed by atoms with Gasteiger partial charge in [0.1, 0.15) is 0 Å². The van der Waals surface area contributed by atoms with Crippen LogP contribution in [0.15, 0.2) is 59.8 Å². The van der Waals surface area contributed by atoms with E-state index in [1.807, 2.05) is 49.5 Å². The standard InChI is InChI=1S/C18H18N2O/c1-13-18(15-10-6-7-11-17(15)20(13)2)16(19-21)12-14-8-4-3-5-9-14/h3-11,21H,12H2,1-2H3/b19-16-. The summed E-state index contributed by atoms with van der Waals surface area (Å²) in [7, 11) is 2.04. The number of aromatic nitrogens is 1. The molecule has 0 amide bonds. The Morgan fingerprint density at radius 1 is 1.05 bits per heavy atom. The zero-order chi connectivity index (χ0) is 14.8. The van der Waals surface area contributed by atoms with Crippen LogP contribution in [0.25, 0.3) is 10.9 Å². The summed E-state index contributed by atoms with van der Waals surface area (Å²) in [5.74, 6) is 0. The van der Waals surface area contributed by atoms with Crippen LogP contribution in [-0.2, 0) is 13.5 Å².